The molecule has 0 saturated carbocycles. The van der Waals surface area contributed by atoms with Crippen LogP contribution in [-0.2, 0) is 4.74 Å². The second-order valence-corrected chi connectivity index (χ2v) is 3.05. The molecule has 0 unspecified atom stereocenters. The predicted octanol–water partition coefficient (Wildman–Crippen LogP) is 2.29. The van der Waals surface area contributed by atoms with Crippen LogP contribution in [0.25, 0.3) is 16.9 Å². The minimum atomic E-state index is 0.619. The molecule has 0 bridgehead atoms. The van der Waals surface area contributed by atoms with Crippen molar-refractivity contribution in [2.24, 2.45) is 0 Å². The largest absolute Gasteiger partial charge is 0.478 e. The maximum Gasteiger partial charge on any atom is 0.211 e. The number of ether oxygens (including phenoxy) is 1. The monoisotopic (exact) mass is 203 g/mol. The topological polar surface area (TPSA) is 39.9 Å². The summed E-state index contributed by atoms with van der Waals surface area (Å²) >= 11 is 0. The third-order valence-electron chi connectivity index (χ3n) is 2.10. The lowest BCUT2D eigenvalue weighted by molar-refractivity contribution is 0.272. The Morgan fingerprint density at radius 2 is 2.27 bits per heavy atom. The van der Waals surface area contributed by atoms with Crippen molar-refractivity contribution in [1.82, 2.24) is 15.0 Å². The second kappa shape index (κ2) is 4.13. The normalized spacial score (nSPS) is 12.0. The highest BCUT2D eigenvalue weighted by Crippen LogP contribution is 2.15. The molecule has 2 aromatic rings. The lowest BCUT2D eigenvalue weighted by atomic mass is 10.3. The molecular formula is C11H13N3O. The Morgan fingerprint density at radius 1 is 1.47 bits per heavy atom. The summed E-state index contributed by atoms with van der Waals surface area (Å²) in [6, 6.07) is 7.80. The number of hydrogen-bond acceptors (Lipinski definition) is 3. The van der Waals surface area contributed by atoms with Crippen molar-refractivity contribution < 1.29 is 4.74 Å². The van der Waals surface area contributed by atoms with Crippen LogP contribution in [0.2, 0.25) is 0 Å². The van der Waals surface area contributed by atoms with E-state index in [4.69, 9.17) is 4.74 Å². The molecule has 0 amide bonds. The van der Waals surface area contributed by atoms with Gasteiger partial charge >= 0.3 is 0 Å². The van der Waals surface area contributed by atoms with E-state index in [0.29, 0.717) is 12.5 Å². The lowest BCUT2D eigenvalue weighted by Gasteiger charge is -2.07. The molecule has 4 heteroatoms. The highest BCUT2D eigenvalue weighted by molar-refractivity contribution is 5.76. The van der Waals surface area contributed by atoms with Crippen LogP contribution >= 0.6 is 0 Å². The van der Waals surface area contributed by atoms with E-state index < -0.39 is 0 Å². The SMILES string of the molecule is C/C=C(\OCC)n1nnc2ccccc21. The molecule has 0 saturated heterocycles. The van der Waals surface area contributed by atoms with Gasteiger partial charge < -0.3 is 4.74 Å². The molecule has 0 fully saturated rings. The maximum atomic E-state index is 5.47. The highest BCUT2D eigenvalue weighted by atomic mass is 16.5. The number of rotatable bonds is 3. The first kappa shape index (κ1) is 9.71. The number of benzene rings is 1. The summed E-state index contributed by atoms with van der Waals surface area (Å²) in [5, 5.41) is 8.12. The molecule has 0 spiro atoms. The van der Waals surface area contributed by atoms with Gasteiger partial charge in [0.25, 0.3) is 0 Å². The average Bonchev–Trinajstić information content (AvgIpc) is 2.70. The number of fused-ring (bicyclic) bond motifs is 1. The number of nitrogens with zero attached hydrogens (tertiary/aromatic N) is 3. The fraction of sp³-hybridized carbons (Fsp3) is 0.273. The molecule has 0 aliphatic carbocycles. The van der Waals surface area contributed by atoms with Gasteiger partial charge in [0.2, 0.25) is 5.88 Å². The lowest BCUT2D eigenvalue weighted by Crippen LogP contribution is -2.03. The van der Waals surface area contributed by atoms with Gasteiger partial charge in [-0.3, -0.25) is 0 Å². The van der Waals surface area contributed by atoms with E-state index in [-0.39, 0.29) is 0 Å². The fourth-order valence-corrected chi connectivity index (χ4v) is 1.45. The summed E-state index contributed by atoms with van der Waals surface area (Å²) in [5.41, 5.74) is 1.83. The van der Waals surface area contributed by atoms with E-state index in [1.54, 1.807) is 4.68 Å². The first-order valence-corrected chi connectivity index (χ1v) is 4.96. The van der Waals surface area contributed by atoms with Crippen molar-refractivity contribution in [3.63, 3.8) is 0 Å². The molecule has 1 heterocycles. The van der Waals surface area contributed by atoms with Crippen LogP contribution in [0.5, 0.6) is 0 Å². The summed E-state index contributed by atoms with van der Waals surface area (Å²) in [4.78, 5) is 0. The van der Waals surface area contributed by atoms with Gasteiger partial charge in [0, 0.05) is 0 Å². The van der Waals surface area contributed by atoms with Gasteiger partial charge in [-0.25, -0.2) is 0 Å². The third kappa shape index (κ3) is 1.70. The van der Waals surface area contributed by atoms with Gasteiger partial charge in [-0.2, -0.15) is 4.68 Å². The third-order valence-corrected chi connectivity index (χ3v) is 2.10. The van der Waals surface area contributed by atoms with Gasteiger partial charge in [0.15, 0.2) is 0 Å². The maximum absolute atomic E-state index is 5.47. The van der Waals surface area contributed by atoms with E-state index in [0.717, 1.165) is 11.0 Å². The van der Waals surface area contributed by atoms with E-state index in [1.807, 2.05) is 44.2 Å². The molecule has 1 aromatic heterocycles. The van der Waals surface area contributed by atoms with Gasteiger partial charge in [0.1, 0.15) is 5.52 Å². The minimum absolute atomic E-state index is 0.619. The molecule has 15 heavy (non-hydrogen) atoms. The molecule has 4 nitrogen and oxygen atoms in total. The van der Waals surface area contributed by atoms with Crippen LogP contribution < -0.4 is 0 Å². The predicted molar refractivity (Wildman–Crippen MR) is 59.1 cm³/mol. The molecule has 0 aliphatic rings. The van der Waals surface area contributed by atoms with E-state index in [1.165, 1.54) is 0 Å². The molecule has 0 radical (unpaired) electrons. The zero-order valence-electron chi connectivity index (χ0n) is 8.84. The van der Waals surface area contributed by atoms with E-state index in [2.05, 4.69) is 10.3 Å². The summed E-state index contributed by atoms with van der Waals surface area (Å²) in [5.74, 6) is 0.714. The quantitative estimate of drug-likeness (QED) is 0.718. The van der Waals surface area contributed by atoms with Gasteiger partial charge in [-0.15, -0.1) is 5.10 Å². The molecule has 1 aromatic carbocycles. The molecule has 0 atom stereocenters. The highest BCUT2D eigenvalue weighted by Gasteiger charge is 2.07. The Bertz CT molecular complexity index is 487. The van der Waals surface area contributed by atoms with Crippen molar-refractivity contribution in [3.8, 4) is 0 Å². The first-order chi connectivity index (χ1) is 7.36. The van der Waals surface area contributed by atoms with Crippen LogP contribution in [-0.4, -0.2) is 21.6 Å². The summed E-state index contributed by atoms with van der Waals surface area (Å²) in [6.45, 7) is 4.48. The zero-order chi connectivity index (χ0) is 10.7. The van der Waals surface area contributed by atoms with Gasteiger partial charge in [-0.05, 0) is 32.1 Å². The zero-order valence-corrected chi connectivity index (χ0v) is 8.84. The number of aromatic nitrogens is 3. The Hall–Kier alpha value is -1.84. The molecule has 78 valence electrons. The second-order valence-electron chi connectivity index (χ2n) is 3.05. The van der Waals surface area contributed by atoms with Crippen LogP contribution in [0.4, 0.5) is 0 Å². The van der Waals surface area contributed by atoms with Crippen molar-refractivity contribution in [1.29, 1.82) is 0 Å². The summed E-state index contributed by atoms with van der Waals surface area (Å²) in [6.07, 6.45) is 1.88. The van der Waals surface area contributed by atoms with Crippen LogP contribution in [0, 0.1) is 0 Å². The standard InChI is InChI=1S/C11H13N3O/c1-3-11(15-4-2)14-10-8-6-5-7-9(10)12-13-14/h3,5-8H,4H2,1-2H3/b11-3-. The number of hydrogen-bond donors (Lipinski definition) is 0. The molecule has 0 aliphatic heterocycles. The minimum Gasteiger partial charge on any atom is -0.478 e. The van der Waals surface area contributed by atoms with Gasteiger partial charge in [0.05, 0.1) is 12.1 Å². The Balaban J connectivity index is 2.51. The first-order valence-electron chi connectivity index (χ1n) is 4.96. The Morgan fingerprint density at radius 3 is 3.00 bits per heavy atom. The average molecular weight is 203 g/mol. The van der Waals surface area contributed by atoms with Crippen LogP contribution in [0.15, 0.2) is 30.3 Å². The molecule has 0 N–H and O–H groups in total. The molecule has 2 rings (SSSR count). The summed E-state index contributed by atoms with van der Waals surface area (Å²) < 4.78 is 7.17. The molecular weight excluding hydrogens is 190 g/mol. The van der Waals surface area contributed by atoms with E-state index in [9.17, 15) is 0 Å². The van der Waals surface area contributed by atoms with Crippen LogP contribution in [0.3, 0.4) is 0 Å². The van der Waals surface area contributed by atoms with Crippen molar-refractivity contribution >= 4 is 16.9 Å². The Labute approximate surface area is 88.2 Å². The van der Waals surface area contributed by atoms with Crippen molar-refractivity contribution in [2.45, 2.75) is 13.8 Å². The Kier molecular flexibility index (Phi) is 2.67. The van der Waals surface area contributed by atoms with Crippen LogP contribution in [0.1, 0.15) is 13.8 Å². The van der Waals surface area contributed by atoms with E-state index >= 15 is 0 Å². The number of allylic oxidation sites excluding steroid dienone is 1. The smallest absolute Gasteiger partial charge is 0.211 e. The summed E-state index contributed by atoms with van der Waals surface area (Å²) in [7, 11) is 0. The van der Waals surface area contributed by atoms with Gasteiger partial charge in [-0.1, -0.05) is 17.3 Å². The van der Waals surface area contributed by atoms with Crippen molar-refractivity contribution in [2.75, 3.05) is 6.61 Å². The van der Waals surface area contributed by atoms with Crippen molar-refractivity contribution in [3.05, 3.63) is 30.3 Å². The fourth-order valence-electron chi connectivity index (χ4n) is 1.45. The number of para-hydroxylation sites is 1.